The van der Waals surface area contributed by atoms with Crippen molar-refractivity contribution in [3.63, 3.8) is 0 Å². The summed E-state index contributed by atoms with van der Waals surface area (Å²) in [7, 11) is 1.45. The van der Waals surface area contributed by atoms with Crippen LogP contribution in [0, 0.1) is 29.1 Å². The van der Waals surface area contributed by atoms with Crippen LogP contribution in [0.25, 0.3) is 0 Å². The number of aromatic hydroxyl groups is 1. The summed E-state index contributed by atoms with van der Waals surface area (Å²) in [5.41, 5.74) is 1.31. The Morgan fingerprint density at radius 2 is 1.61 bits per heavy atom. The van der Waals surface area contributed by atoms with Crippen molar-refractivity contribution >= 4 is 45.2 Å². The average Bonchev–Trinajstić information content (AvgIpc) is 3.38. The van der Waals surface area contributed by atoms with Crippen LogP contribution >= 0.6 is 15.9 Å². The topological polar surface area (TPSA) is 104 Å². The number of phenols is 1. The number of ether oxygens (including phenoxy) is 1. The number of carbonyl (C=O) groups excluding carboxylic acids is 4. The zero-order valence-electron chi connectivity index (χ0n) is 24.3. The minimum atomic E-state index is -1.26. The van der Waals surface area contributed by atoms with E-state index in [1.807, 2.05) is 42.5 Å². The largest absolute Gasteiger partial charge is 0.504 e. The molecular formula is C35H31BrN2O6. The SMILES string of the molecule is COc1cc(Br)cc([C@H]2C3=CC[C@@H]4C(=O)N(Cc5ccccc5)C(=O)[C@@H]4[C@@H]3C[C@H]3C(=O)N(c4ccccc4)C(=O)[C@@]23C)c1O. The fourth-order valence-electron chi connectivity index (χ4n) is 8.14. The molecule has 3 aromatic carbocycles. The molecule has 0 spiro atoms. The Kier molecular flexibility index (Phi) is 6.77. The van der Waals surface area contributed by atoms with Crippen LogP contribution in [0.3, 0.4) is 0 Å². The fraction of sp³-hybridized carbons (Fsp3) is 0.314. The third-order valence-electron chi connectivity index (χ3n) is 10.2. The van der Waals surface area contributed by atoms with Gasteiger partial charge in [0.1, 0.15) is 0 Å². The predicted molar refractivity (Wildman–Crippen MR) is 165 cm³/mol. The van der Waals surface area contributed by atoms with Gasteiger partial charge in [-0.3, -0.25) is 24.1 Å². The van der Waals surface area contributed by atoms with Gasteiger partial charge in [-0.15, -0.1) is 0 Å². The molecule has 0 radical (unpaired) electrons. The predicted octanol–water partition coefficient (Wildman–Crippen LogP) is 5.59. The van der Waals surface area contributed by atoms with Crippen LogP contribution in [0.15, 0.2) is 88.9 Å². The van der Waals surface area contributed by atoms with E-state index in [4.69, 9.17) is 4.74 Å². The Bertz CT molecular complexity index is 1740. The highest BCUT2D eigenvalue weighted by Gasteiger charge is 2.68. The number of nitrogens with zero attached hydrogens (tertiary/aromatic N) is 2. The van der Waals surface area contributed by atoms with Gasteiger partial charge in [-0.05, 0) is 55.5 Å². The normalized spacial score (nSPS) is 29.3. The second kappa shape index (κ2) is 10.4. The van der Waals surface area contributed by atoms with Crippen LogP contribution in [0.1, 0.15) is 36.8 Å². The number of anilines is 1. The quantitative estimate of drug-likeness (QED) is 0.284. The van der Waals surface area contributed by atoms with E-state index in [-0.39, 0.29) is 48.1 Å². The summed E-state index contributed by atoms with van der Waals surface area (Å²) in [6.45, 7) is 1.98. The second-order valence-corrected chi connectivity index (χ2v) is 13.2. The molecule has 7 rings (SSSR count). The number of halogens is 1. The Labute approximate surface area is 263 Å². The molecule has 3 fully saturated rings. The molecule has 3 aromatic rings. The summed E-state index contributed by atoms with van der Waals surface area (Å²) in [5.74, 6) is -4.26. The van der Waals surface area contributed by atoms with Crippen molar-refractivity contribution in [1.29, 1.82) is 0 Å². The molecular weight excluding hydrogens is 624 g/mol. The summed E-state index contributed by atoms with van der Waals surface area (Å²) in [4.78, 5) is 59.2. The molecule has 2 heterocycles. The molecule has 0 unspecified atom stereocenters. The molecule has 0 bridgehead atoms. The minimum absolute atomic E-state index is 0.123. The number of para-hydroxylation sites is 1. The van der Waals surface area contributed by atoms with Gasteiger partial charge >= 0.3 is 0 Å². The minimum Gasteiger partial charge on any atom is -0.504 e. The molecule has 4 aliphatic rings. The van der Waals surface area contributed by atoms with Gasteiger partial charge in [-0.1, -0.05) is 76.1 Å². The standard InChI is InChI=1S/C35H31BrN2O6/c1-35-26(32(41)38(34(35)43)21-11-7-4-8-12-21)17-24-22(29(35)25-15-20(36)16-27(44-2)30(25)39)13-14-23-28(24)33(42)37(31(23)40)18-19-9-5-3-6-10-19/h3-13,15-16,23-24,26,28-29,39H,14,17-18H2,1-2H3/t23-,24+,26-,28-,29+,35+/m0/s1. The molecule has 44 heavy (non-hydrogen) atoms. The van der Waals surface area contributed by atoms with Crippen LogP contribution in [0.4, 0.5) is 5.69 Å². The number of likely N-dealkylation sites (tertiary alicyclic amines) is 1. The molecule has 2 aliphatic carbocycles. The average molecular weight is 656 g/mol. The van der Waals surface area contributed by atoms with E-state index in [1.165, 1.54) is 16.9 Å². The Morgan fingerprint density at radius 1 is 0.932 bits per heavy atom. The first-order valence-electron chi connectivity index (χ1n) is 14.8. The van der Waals surface area contributed by atoms with Crippen LogP contribution in [0.2, 0.25) is 0 Å². The van der Waals surface area contributed by atoms with Gasteiger partial charge in [0.05, 0.1) is 42.5 Å². The van der Waals surface area contributed by atoms with Gasteiger partial charge in [0.15, 0.2) is 11.5 Å². The van der Waals surface area contributed by atoms with E-state index in [0.29, 0.717) is 22.1 Å². The van der Waals surface area contributed by atoms with Gasteiger partial charge in [-0.25, -0.2) is 4.90 Å². The molecule has 0 aromatic heterocycles. The lowest BCUT2D eigenvalue weighted by atomic mass is 9.51. The molecule has 2 saturated heterocycles. The van der Waals surface area contributed by atoms with Gasteiger partial charge in [0, 0.05) is 16.0 Å². The van der Waals surface area contributed by atoms with Gasteiger partial charge in [-0.2, -0.15) is 0 Å². The van der Waals surface area contributed by atoms with Gasteiger partial charge in [0.25, 0.3) is 0 Å². The van der Waals surface area contributed by atoms with E-state index in [0.717, 1.165) is 11.1 Å². The lowest BCUT2D eigenvalue weighted by Gasteiger charge is -2.49. The number of phenolic OH excluding ortho intramolecular Hbond substituents is 1. The first kappa shape index (κ1) is 28.5. The number of carbonyl (C=O) groups is 4. The highest BCUT2D eigenvalue weighted by atomic mass is 79.9. The highest BCUT2D eigenvalue weighted by Crippen LogP contribution is 2.65. The monoisotopic (exact) mass is 654 g/mol. The Hall–Kier alpha value is -4.24. The van der Waals surface area contributed by atoms with Crippen molar-refractivity contribution in [2.75, 3.05) is 12.0 Å². The Morgan fingerprint density at radius 3 is 2.30 bits per heavy atom. The summed E-state index contributed by atoms with van der Waals surface area (Å²) < 4.78 is 6.12. The van der Waals surface area contributed by atoms with Gasteiger partial charge < -0.3 is 9.84 Å². The molecule has 8 nitrogen and oxygen atoms in total. The zero-order chi connectivity index (χ0) is 30.9. The second-order valence-electron chi connectivity index (χ2n) is 12.3. The van der Waals surface area contributed by atoms with Crippen molar-refractivity contribution in [3.05, 3.63) is 100 Å². The van der Waals surface area contributed by atoms with Crippen molar-refractivity contribution in [2.45, 2.75) is 32.2 Å². The van der Waals surface area contributed by atoms with E-state index < -0.39 is 35.0 Å². The molecule has 224 valence electrons. The first-order chi connectivity index (χ1) is 21.2. The summed E-state index contributed by atoms with van der Waals surface area (Å²) in [5, 5.41) is 11.5. The van der Waals surface area contributed by atoms with Crippen LogP contribution in [-0.4, -0.2) is 40.7 Å². The lowest BCUT2D eigenvalue weighted by Crippen LogP contribution is -2.48. The van der Waals surface area contributed by atoms with Crippen LogP contribution in [-0.2, 0) is 25.7 Å². The maximum Gasteiger partial charge on any atom is 0.241 e. The number of amides is 4. The number of hydrogen-bond donors (Lipinski definition) is 1. The number of methoxy groups -OCH3 is 1. The molecule has 2 aliphatic heterocycles. The van der Waals surface area contributed by atoms with E-state index in [2.05, 4.69) is 15.9 Å². The van der Waals surface area contributed by atoms with Crippen molar-refractivity contribution in [2.24, 2.45) is 29.1 Å². The molecule has 4 amide bonds. The summed E-state index contributed by atoms with van der Waals surface area (Å²) >= 11 is 3.53. The van der Waals surface area contributed by atoms with E-state index in [9.17, 15) is 24.3 Å². The number of benzene rings is 3. The maximum atomic E-state index is 14.5. The summed E-state index contributed by atoms with van der Waals surface area (Å²) in [6.07, 6.45) is 2.56. The van der Waals surface area contributed by atoms with Crippen molar-refractivity contribution in [1.82, 2.24) is 4.90 Å². The van der Waals surface area contributed by atoms with Crippen molar-refractivity contribution < 1.29 is 29.0 Å². The highest BCUT2D eigenvalue weighted by molar-refractivity contribution is 9.10. The molecule has 9 heteroatoms. The maximum absolute atomic E-state index is 14.5. The van der Waals surface area contributed by atoms with Crippen LogP contribution in [0.5, 0.6) is 11.5 Å². The number of hydrogen-bond acceptors (Lipinski definition) is 6. The van der Waals surface area contributed by atoms with Crippen LogP contribution < -0.4 is 9.64 Å². The Balaban J connectivity index is 1.37. The third-order valence-corrected chi connectivity index (χ3v) is 10.6. The van der Waals surface area contributed by atoms with E-state index >= 15 is 0 Å². The molecule has 6 atom stereocenters. The van der Waals surface area contributed by atoms with E-state index in [1.54, 1.807) is 43.3 Å². The summed E-state index contributed by atoms with van der Waals surface area (Å²) in [6, 6.07) is 21.6. The number of allylic oxidation sites excluding steroid dienone is 2. The van der Waals surface area contributed by atoms with Crippen molar-refractivity contribution in [3.8, 4) is 11.5 Å². The smallest absolute Gasteiger partial charge is 0.241 e. The fourth-order valence-corrected chi connectivity index (χ4v) is 8.59. The van der Waals surface area contributed by atoms with Gasteiger partial charge in [0.2, 0.25) is 23.6 Å². The third kappa shape index (κ3) is 4.01. The number of fused-ring (bicyclic) bond motifs is 4. The lowest BCUT2D eigenvalue weighted by molar-refractivity contribution is -0.141. The number of rotatable bonds is 5. The molecule has 1 N–H and O–H groups in total. The zero-order valence-corrected chi connectivity index (χ0v) is 25.9. The number of imide groups is 2. The molecule has 1 saturated carbocycles. The first-order valence-corrected chi connectivity index (χ1v) is 15.5.